The van der Waals surface area contributed by atoms with Crippen LogP contribution in [0.5, 0.6) is 5.75 Å². The summed E-state index contributed by atoms with van der Waals surface area (Å²) in [4.78, 5) is 10.3. The molecule has 1 N–H and O–H groups in total. The van der Waals surface area contributed by atoms with Crippen molar-refractivity contribution < 1.29 is 18.1 Å². The largest absolute Gasteiger partial charge is 0.497 e. The first-order valence-corrected chi connectivity index (χ1v) is 9.99. The fourth-order valence-corrected chi connectivity index (χ4v) is 4.12. The quantitative estimate of drug-likeness (QED) is 0.389. The lowest BCUT2D eigenvalue weighted by molar-refractivity contribution is -0.385. The Labute approximate surface area is 163 Å². The number of hydrogen-bond acceptors (Lipinski definition) is 7. The van der Waals surface area contributed by atoms with Crippen LogP contribution in [0.15, 0.2) is 52.5 Å². The number of nitro benzene ring substituents is 1. The number of rotatable bonds is 9. The molecule has 0 amide bonds. The smallest absolute Gasteiger partial charge is 0.270 e. The molecule has 0 saturated heterocycles. The lowest BCUT2D eigenvalue weighted by Crippen LogP contribution is -2.31. The molecule has 2 aromatic rings. The Balaban J connectivity index is 2.37. The van der Waals surface area contributed by atoms with Crippen LogP contribution in [0, 0.1) is 10.1 Å². The standard InChI is InChI=1S/C18H22N4O5S/c1-4-21(5-2)28(25,26)18-12-15(22(23)24)8-11-17(18)20-19-13-14-6-9-16(27-3)10-7-14/h6-13,20H,4-5H2,1-3H3/b19-13-. The second-order valence-electron chi connectivity index (χ2n) is 5.67. The summed E-state index contributed by atoms with van der Waals surface area (Å²) in [7, 11) is -2.35. The van der Waals surface area contributed by atoms with Crippen molar-refractivity contribution in [3.8, 4) is 5.75 Å². The van der Waals surface area contributed by atoms with Gasteiger partial charge in [-0.2, -0.15) is 9.41 Å². The first-order chi connectivity index (χ1) is 13.3. The maximum atomic E-state index is 12.9. The molecule has 0 saturated carbocycles. The van der Waals surface area contributed by atoms with E-state index < -0.39 is 14.9 Å². The zero-order valence-corrected chi connectivity index (χ0v) is 16.6. The van der Waals surface area contributed by atoms with E-state index in [1.807, 2.05) is 0 Å². The topological polar surface area (TPSA) is 114 Å². The number of nitrogens with one attached hydrogen (secondary N) is 1. The molecule has 0 atom stereocenters. The number of hydrazone groups is 1. The van der Waals surface area contributed by atoms with Gasteiger partial charge in [0, 0.05) is 25.2 Å². The van der Waals surface area contributed by atoms with Crippen LogP contribution in [0.4, 0.5) is 11.4 Å². The van der Waals surface area contributed by atoms with Gasteiger partial charge in [0.1, 0.15) is 10.6 Å². The van der Waals surface area contributed by atoms with Crippen LogP contribution >= 0.6 is 0 Å². The molecule has 0 aliphatic carbocycles. The fraction of sp³-hybridized carbons (Fsp3) is 0.278. The van der Waals surface area contributed by atoms with E-state index in [0.717, 1.165) is 11.6 Å². The Kier molecular flexibility index (Phi) is 7.07. The van der Waals surface area contributed by atoms with Gasteiger partial charge in [-0.05, 0) is 35.9 Å². The van der Waals surface area contributed by atoms with Crippen LogP contribution in [0.1, 0.15) is 19.4 Å². The Morgan fingerprint density at radius 1 is 1.18 bits per heavy atom. The van der Waals surface area contributed by atoms with Crippen molar-refractivity contribution in [2.75, 3.05) is 25.6 Å². The number of hydrogen-bond donors (Lipinski definition) is 1. The number of benzene rings is 2. The summed E-state index contributed by atoms with van der Waals surface area (Å²) in [6.45, 7) is 3.90. The zero-order valence-electron chi connectivity index (χ0n) is 15.8. The number of anilines is 1. The summed E-state index contributed by atoms with van der Waals surface area (Å²) in [5.41, 5.74) is 3.29. The molecule has 0 spiro atoms. The first-order valence-electron chi connectivity index (χ1n) is 8.55. The maximum absolute atomic E-state index is 12.9. The van der Waals surface area contributed by atoms with Crippen molar-refractivity contribution in [3.63, 3.8) is 0 Å². The molecule has 9 nitrogen and oxygen atoms in total. The summed E-state index contributed by atoms with van der Waals surface area (Å²) >= 11 is 0. The van der Waals surface area contributed by atoms with Crippen molar-refractivity contribution in [2.24, 2.45) is 5.10 Å². The number of nitrogens with zero attached hydrogens (tertiary/aromatic N) is 3. The third kappa shape index (κ3) is 4.84. The van der Waals surface area contributed by atoms with Crippen molar-refractivity contribution in [1.82, 2.24) is 4.31 Å². The molecule has 0 unspecified atom stereocenters. The molecule has 0 aliphatic rings. The monoisotopic (exact) mass is 406 g/mol. The number of nitro groups is 1. The van der Waals surface area contributed by atoms with Gasteiger partial charge in [-0.15, -0.1) is 0 Å². The third-order valence-corrected chi connectivity index (χ3v) is 6.10. The molecule has 150 valence electrons. The van der Waals surface area contributed by atoms with E-state index in [-0.39, 0.29) is 29.4 Å². The van der Waals surface area contributed by atoms with Crippen molar-refractivity contribution in [1.29, 1.82) is 0 Å². The Hall–Kier alpha value is -2.98. The molecule has 2 rings (SSSR count). The van der Waals surface area contributed by atoms with Gasteiger partial charge in [-0.25, -0.2) is 8.42 Å². The Morgan fingerprint density at radius 2 is 1.82 bits per heavy atom. The molecule has 0 heterocycles. The van der Waals surface area contributed by atoms with E-state index in [1.165, 1.54) is 22.7 Å². The highest BCUT2D eigenvalue weighted by Crippen LogP contribution is 2.29. The third-order valence-electron chi connectivity index (χ3n) is 4.01. The van der Waals surface area contributed by atoms with Crippen molar-refractivity contribution in [2.45, 2.75) is 18.7 Å². The van der Waals surface area contributed by atoms with Crippen molar-refractivity contribution in [3.05, 3.63) is 58.1 Å². The van der Waals surface area contributed by atoms with Gasteiger partial charge >= 0.3 is 0 Å². The van der Waals surface area contributed by atoms with E-state index in [1.54, 1.807) is 45.2 Å². The van der Waals surface area contributed by atoms with E-state index in [4.69, 9.17) is 4.74 Å². The highest BCUT2D eigenvalue weighted by Gasteiger charge is 2.27. The molecule has 28 heavy (non-hydrogen) atoms. The van der Waals surface area contributed by atoms with E-state index in [9.17, 15) is 18.5 Å². The molecule has 0 fully saturated rings. The average Bonchev–Trinajstić information content (AvgIpc) is 2.69. The van der Waals surface area contributed by atoms with Gasteiger partial charge in [-0.3, -0.25) is 15.5 Å². The summed E-state index contributed by atoms with van der Waals surface area (Å²) in [6, 6.07) is 10.7. The number of non-ortho nitro benzene ring substituents is 1. The maximum Gasteiger partial charge on any atom is 0.270 e. The Morgan fingerprint density at radius 3 is 2.36 bits per heavy atom. The molecular formula is C18H22N4O5S. The molecular weight excluding hydrogens is 384 g/mol. The predicted molar refractivity (Wildman–Crippen MR) is 107 cm³/mol. The van der Waals surface area contributed by atoms with Crippen LogP contribution in [-0.2, 0) is 10.0 Å². The highest BCUT2D eigenvalue weighted by molar-refractivity contribution is 7.89. The van der Waals surface area contributed by atoms with Gasteiger partial charge in [0.05, 0.1) is 23.9 Å². The van der Waals surface area contributed by atoms with E-state index >= 15 is 0 Å². The van der Waals surface area contributed by atoms with Crippen LogP contribution in [0.2, 0.25) is 0 Å². The SMILES string of the molecule is CCN(CC)S(=O)(=O)c1cc([N+](=O)[O-])ccc1N/N=C\c1ccc(OC)cc1. The van der Waals surface area contributed by atoms with Crippen LogP contribution in [-0.4, -0.2) is 44.1 Å². The number of ether oxygens (including phenoxy) is 1. The second kappa shape index (κ2) is 9.29. The summed E-state index contributed by atoms with van der Waals surface area (Å²) in [6.07, 6.45) is 1.51. The van der Waals surface area contributed by atoms with Gasteiger partial charge in [-0.1, -0.05) is 13.8 Å². The number of methoxy groups -OCH3 is 1. The minimum atomic E-state index is -3.92. The van der Waals surface area contributed by atoms with E-state index in [0.29, 0.717) is 5.75 Å². The first kappa shape index (κ1) is 21.3. The van der Waals surface area contributed by atoms with Crippen molar-refractivity contribution >= 4 is 27.6 Å². The van der Waals surface area contributed by atoms with Gasteiger partial charge in [0.15, 0.2) is 0 Å². The average molecular weight is 406 g/mol. The van der Waals surface area contributed by atoms with Gasteiger partial charge < -0.3 is 4.74 Å². The van der Waals surface area contributed by atoms with Crippen LogP contribution < -0.4 is 10.2 Å². The summed E-state index contributed by atoms with van der Waals surface area (Å²) in [5, 5.41) is 15.1. The lowest BCUT2D eigenvalue weighted by Gasteiger charge is -2.20. The van der Waals surface area contributed by atoms with Gasteiger partial charge in [0.25, 0.3) is 5.69 Å². The van der Waals surface area contributed by atoms with E-state index in [2.05, 4.69) is 10.5 Å². The minimum Gasteiger partial charge on any atom is -0.497 e. The second-order valence-corrected chi connectivity index (χ2v) is 7.58. The predicted octanol–water partition coefficient (Wildman–Crippen LogP) is 3.08. The highest BCUT2D eigenvalue weighted by atomic mass is 32.2. The summed E-state index contributed by atoms with van der Waals surface area (Å²) < 4.78 is 32.1. The fourth-order valence-electron chi connectivity index (χ4n) is 2.50. The van der Waals surface area contributed by atoms with Crippen LogP contribution in [0.3, 0.4) is 0 Å². The number of sulfonamides is 1. The molecule has 2 aromatic carbocycles. The molecule has 0 aromatic heterocycles. The molecule has 10 heteroatoms. The zero-order chi connectivity index (χ0) is 20.7. The lowest BCUT2D eigenvalue weighted by atomic mass is 10.2. The summed E-state index contributed by atoms with van der Waals surface area (Å²) in [5.74, 6) is 0.702. The molecule has 0 radical (unpaired) electrons. The minimum absolute atomic E-state index is 0.155. The Bertz CT molecular complexity index is 954. The van der Waals surface area contributed by atoms with Crippen LogP contribution in [0.25, 0.3) is 0 Å². The molecule has 0 bridgehead atoms. The normalized spacial score (nSPS) is 11.7. The molecule has 0 aliphatic heterocycles. The van der Waals surface area contributed by atoms with Gasteiger partial charge in [0.2, 0.25) is 10.0 Å².